The zero-order valence-corrected chi connectivity index (χ0v) is 10.9. The summed E-state index contributed by atoms with van der Waals surface area (Å²) in [6, 6.07) is 9.75. The average Bonchev–Trinajstić information content (AvgIpc) is 2.40. The standard InChI is InChI=1S/C15H24O2/c1-3-13(4-2)12-17-11-10-15(16)14-8-6-5-7-9-14/h5-9,13,15-16H,3-4,10-12H2,1-2H3. The largest absolute Gasteiger partial charge is 0.388 e. The van der Waals surface area contributed by atoms with Crippen LogP contribution in [0.15, 0.2) is 30.3 Å². The van der Waals surface area contributed by atoms with Crippen LogP contribution in [0.2, 0.25) is 0 Å². The molecule has 0 radical (unpaired) electrons. The van der Waals surface area contributed by atoms with Crippen LogP contribution in [0, 0.1) is 5.92 Å². The maximum absolute atomic E-state index is 9.92. The fourth-order valence-corrected chi connectivity index (χ4v) is 1.81. The minimum Gasteiger partial charge on any atom is -0.388 e. The number of aliphatic hydroxyl groups is 1. The molecule has 1 N–H and O–H groups in total. The Kier molecular flexibility index (Phi) is 6.90. The molecule has 17 heavy (non-hydrogen) atoms. The summed E-state index contributed by atoms with van der Waals surface area (Å²) < 4.78 is 5.61. The molecule has 0 saturated heterocycles. The van der Waals surface area contributed by atoms with E-state index in [9.17, 15) is 5.11 Å². The monoisotopic (exact) mass is 236 g/mol. The molecule has 0 fully saturated rings. The van der Waals surface area contributed by atoms with Crippen molar-refractivity contribution in [1.29, 1.82) is 0 Å². The molecule has 96 valence electrons. The summed E-state index contributed by atoms with van der Waals surface area (Å²) in [6.07, 6.45) is 2.59. The highest BCUT2D eigenvalue weighted by Gasteiger charge is 2.07. The van der Waals surface area contributed by atoms with E-state index in [0.717, 1.165) is 25.0 Å². The van der Waals surface area contributed by atoms with Gasteiger partial charge in [-0.25, -0.2) is 0 Å². The van der Waals surface area contributed by atoms with Crippen LogP contribution >= 0.6 is 0 Å². The van der Waals surface area contributed by atoms with Gasteiger partial charge in [-0.3, -0.25) is 0 Å². The summed E-state index contributed by atoms with van der Waals surface area (Å²) in [4.78, 5) is 0. The Labute approximate surface area is 105 Å². The molecule has 0 bridgehead atoms. The van der Waals surface area contributed by atoms with Crippen molar-refractivity contribution in [2.75, 3.05) is 13.2 Å². The van der Waals surface area contributed by atoms with Gasteiger partial charge < -0.3 is 9.84 Å². The lowest BCUT2D eigenvalue weighted by atomic mass is 10.1. The molecule has 1 aromatic rings. The number of benzene rings is 1. The number of ether oxygens (including phenoxy) is 1. The Morgan fingerprint density at radius 1 is 1.12 bits per heavy atom. The zero-order valence-electron chi connectivity index (χ0n) is 10.9. The van der Waals surface area contributed by atoms with Crippen LogP contribution in [0.1, 0.15) is 44.8 Å². The molecular weight excluding hydrogens is 212 g/mol. The molecule has 2 heteroatoms. The van der Waals surface area contributed by atoms with E-state index < -0.39 is 6.10 Å². The molecule has 0 heterocycles. The van der Waals surface area contributed by atoms with Crippen molar-refractivity contribution in [3.63, 3.8) is 0 Å². The quantitative estimate of drug-likeness (QED) is 0.699. The van der Waals surface area contributed by atoms with Gasteiger partial charge >= 0.3 is 0 Å². The molecular formula is C15H24O2. The first kappa shape index (κ1) is 14.2. The number of hydrogen-bond acceptors (Lipinski definition) is 2. The number of hydrogen-bond donors (Lipinski definition) is 1. The molecule has 1 unspecified atom stereocenters. The van der Waals surface area contributed by atoms with Crippen LogP contribution in [0.4, 0.5) is 0 Å². The molecule has 0 spiro atoms. The van der Waals surface area contributed by atoms with E-state index in [1.165, 1.54) is 0 Å². The van der Waals surface area contributed by atoms with Crippen molar-refractivity contribution in [2.45, 2.75) is 39.2 Å². The second kappa shape index (κ2) is 8.26. The van der Waals surface area contributed by atoms with Gasteiger partial charge in [0, 0.05) is 19.6 Å². The molecule has 0 aliphatic carbocycles. The van der Waals surface area contributed by atoms with Crippen molar-refractivity contribution < 1.29 is 9.84 Å². The Balaban J connectivity index is 2.19. The van der Waals surface area contributed by atoms with Gasteiger partial charge in [0.15, 0.2) is 0 Å². The van der Waals surface area contributed by atoms with Crippen LogP contribution in [0.3, 0.4) is 0 Å². The highest BCUT2D eigenvalue weighted by Crippen LogP contribution is 2.16. The van der Waals surface area contributed by atoms with Crippen molar-refractivity contribution in [3.05, 3.63) is 35.9 Å². The van der Waals surface area contributed by atoms with Gasteiger partial charge in [0.05, 0.1) is 6.10 Å². The third-order valence-electron chi connectivity index (χ3n) is 3.23. The highest BCUT2D eigenvalue weighted by molar-refractivity contribution is 5.16. The van der Waals surface area contributed by atoms with E-state index in [4.69, 9.17) is 4.74 Å². The highest BCUT2D eigenvalue weighted by atomic mass is 16.5. The normalized spacial score (nSPS) is 12.9. The predicted octanol–water partition coefficient (Wildman–Crippen LogP) is 3.56. The van der Waals surface area contributed by atoms with Crippen LogP contribution < -0.4 is 0 Å². The lowest BCUT2D eigenvalue weighted by Gasteiger charge is -2.14. The topological polar surface area (TPSA) is 29.5 Å². The lowest BCUT2D eigenvalue weighted by molar-refractivity contribution is 0.0608. The van der Waals surface area contributed by atoms with E-state index in [-0.39, 0.29) is 0 Å². The summed E-state index contributed by atoms with van der Waals surface area (Å²) in [5, 5.41) is 9.92. The Hall–Kier alpha value is -0.860. The Morgan fingerprint density at radius 2 is 1.76 bits per heavy atom. The van der Waals surface area contributed by atoms with Crippen molar-refractivity contribution in [1.82, 2.24) is 0 Å². The van der Waals surface area contributed by atoms with E-state index in [2.05, 4.69) is 13.8 Å². The third-order valence-corrected chi connectivity index (χ3v) is 3.23. The molecule has 2 nitrogen and oxygen atoms in total. The van der Waals surface area contributed by atoms with E-state index in [0.29, 0.717) is 18.9 Å². The molecule has 0 aliphatic rings. The minimum absolute atomic E-state index is 0.405. The molecule has 1 aromatic carbocycles. The van der Waals surface area contributed by atoms with E-state index >= 15 is 0 Å². The first-order valence-corrected chi connectivity index (χ1v) is 6.58. The molecule has 0 amide bonds. The first-order chi connectivity index (χ1) is 8.27. The third kappa shape index (κ3) is 5.33. The fraction of sp³-hybridized carbons (Fsp3) is 0.600. The van der Waals surface area contributed by atoms with Crippen molar-refractivity contribution in [2.24, 2.45) is 5.92 Å². The Bertz CT molecular complexity index is 280. The molecule has 0 saturated carbocycles. The van der Waals surface area contributed by atoms with Gasteiger partial charge in [-0.05, 0) is 11.5 Å². The van der Waals surface area contributed by atoms with Gasteiger partial charge in [0.25, 0.3) is 0 Å². The van der Waals surface area contributed by atoms with Crippen LogP contribution in [0.5, 0.6) is 0 Å². The molecule has 0 aromatic heterocycles. The van der Waals surface area contributed by atoms with Gasteiger partial charge in [-0.2, -0.15) is 0 Å². The van der Waals surface area contributed by atoms with Gasteiger partial charge in [0.2, 0.25) is 0 Å². The number of aliphatic hydroxyl groups excluding tert-OH is 1. The molecule has 1 rings (SSSR count). The first-order valence-electron chi connectivity index (χ1n) is 6.58. The minimum atomic E-state index is -0.405. The summed E-state index contributed by atoms with van der Waals surface area (Å²) in [6.45, 7) is 5.83. The van der Waals surface area contributed by atoms with Crippen molar-refractivity contribution in [3.8, 4) is 0 Å². The summed E-state index contributed by atoms with van der Waals surface area (Å²) >= 11 is 0. The summed E-state index contributed by atoms with van der Waals surface area (Å²) in [5.74, 6) is 0.656. The molecule has 0 aliphatic heterocycles. The van der Waals surface area contributed by atoms with Gasteiger partial charge in [-0.15, -0.1) is 0 Å². The van der Waals surface area contributed by atoms with Crippen LogP contribution in [-0.2, 0) is 4.74 Å². The van der Waals surface area contributed by atoms with Gasteiger partial charge in [0.1, 0.15) is 0 Å². The maximum Gasteiger partial charge on any atom is 0.0812 e. The maximum atomic E-state index is 9.92. The average molecular weight is 236 g/mol. The van der Waals surface area contributed by atoms with Crippen LogP contribution in [-0.4, -0.2) is 18.3 Å². The summed E-state index contributed by atoms with van der Waals surface area (Å²) in [7, 11) is 0. The van der Waals surface area contributed by atoms with Gasteiger partial charge in [-0.1, -0.05) is 57.0 Å². The molecule has 1 atom stereocenters. The summed E-state index contributed by atoms with van der Waals surface area (Å²) in [5.41, 5.74) is 0.971. The van der Waals surface area contributed by atoms with E-state index in [1.54, 1.807) is 0 Å². The predicted molar refractivity (Wildman–Crippen MR) is 70.9 cm³/mol. The fourth-order valence-electron chi connectivity index (χ4n) is 1.81. The Morgan fingerprint density at radius 3 is 2.35 bits per heavy atom. The smallest absolute Gasteiger partial charge is 0.0812 e. The second-order valence-corrected chi connectivity index (χ2v) is 4.47. The zero-order chi connectivity index (χ0) is 12.5. The lowest BCUT2D eigenvalue weighted by Crippen LogP contribution is -2.10. The SMILES string of the molecule is CCC(CC)COCCC(O)c1ccccc1. The van der Waals surface area contributed by atoms with Crippen LogP contribution in [0.25, 0.3) is 0 Å². The van der Waals surface area contributed by atoms with E-state index in [1.807, 2.05) is 30.3 Å². The van der Waals surface area contributed by atoms with Crippen molar-refractivity contribution >= 4 is 0 Å². The number of rotatable bonds is 8. The second-order valence-electron chi connectivity index (χ2n) is 4.47.